The molecule has 0 fully saturated rings. The second kappa shape index (κ2) is 3.75. The molecular weight excluding hydrogens is 247 g/mol. The largest absolute Gasteiger partial charge is 0.268 e. The summed E-state index contributed by atoms with van der Waals surface area (Å²) in [7, 11) is 0. The normalized spacial score (nSPS) is 10.7. The van der Waals surface area contributed by atoms with E-state index in [1.807, 2.05) is 0 Å². The summed E-state index contributed by atoms with van der Waals surface area (Å²) < 4.78 is 27.3. The highest BCUT2D eigenvalue weighted by molar-refractivity contribution is 6.33. The van der Waals surface area contributed by atoms with Crippen molar-refractivity contribution in [1.82, 2.24) is 14.8 Å². The predicted molar refractivity (Wildman–Crippen MR) is 51.3 cm³/mol. The Balaban J connectivity index is 2.68. The lowest BCUT2D eigenvalue weighted by Gasteiger charge is -2.06. The summed E-state index contributed by atoms with van der Waals surface area (Å²) in [6, 6.07) is 1.69. The Kier molecular flexibility index (Phi) is 2.58. The van der Waals surface area contributed by atoms with E-state index in [9.17, 15) is 8.78 Å². The van der Waals surface area contributed by atoms with E-state index in [0.717, 1.165) is 10.6 Å². The molecule has 3 nitrogen and oxygen atoms in total. The average molecular weight is 250 g/mol. The van der Waals surface area contributed by atoms with E-state index in [1.54, 1.807) is 0 Å². The zero-order valence-corrected chi connectivity index (χ0v) is 8.60. The molecular formula is C8H3Cl2F2N3. The fraction of sp³-hybridized carbons (Fsp3) is 0. The van der Waals surface area contributed by atoms with E-state index < -0.39 is 11.6 Å². The fourth-order valence-electron chi connectivity index (χ4n) is 1.14. The Bertz CT molecular complexity index is 489. The highest BCUT2D eigenvalue weighted by atomic mass is 35.5. The van der Waals surface area contributed by atoms with Gasteiger partial charge in [0, 0.05) is 6.07 Å². The topological polar surface area (TPSA) is 30.7 Å². The number of rotatable bonds is 1. The molecule has 0 bridgehead atoms. The summed E-state index contributed by atoms with van der Waals surface area (Å²) in [4.78, 5) is 0. The second-order valence-electron chi connectivity index (χ2n) is 2.69. The molecule has 7 heteroatoms. The number of hydrogen-bond donors (Lipinski definition) is 0. The summed E-state index contributed by atoms with van der Waals surface area (Å²) in [5.41, 5.74) is -0.0759. The van der Waals surface area contributed by atoms with Gasteiger partial charge in [-0.25, -0.2) is 8.78 Å². The van der Waals surface area contributed by atoms with Crippen LogP contribution < -0.4 is 0 Å². The molecule has 1 heterocycles. The maximum absolute atomic E-state index is 13.4. The van der Waals surface area contributed by atoms with Crippen LogP contribution in [0, 0.1) is 11.6 Å². The lowest BCUT2D eigenvalue weighted by Crippen LogP contribution is -1.98. The molecule has 0 N–H and O–H groups in total. The standard InChI is InChI=1S/C8H3Cl2F2N3/c9-5-1-4(11)2-6(12)7(5)15-3-13-14-8(15)10/h1-3H. The SMILES string of the molecule is Fc1cc(F)c(-n2cnnc2Cl)c(Cl)c1. The lowest BCUT2D eigenvalue weighted by atomic mass is 10.3. The van der Waals surface area contributed by atoms with Crippen LogP contribution in [-0.4, -0.2) is 14.8 Å². The van der Waals surface area contributed by atoms with Crippen molar-refractivity contribution in [2.45, 2.75) is 0 Å². The van der Waals surface area contributed by atoms with Gasteiger partial charge in [0.25, 0.3) is 0 Å². The van der Waals surface area contributed by atoms with Crippen LogP contribution >= 0.6 is 23.2 Å². The highest BCUT2D eigenvalue weighted by Gasteiger charge is 2.14. The molecule has 0 aliphatic heterocycles. The molecule has 2 aromatic rings. The van der Waals surface area contributed by atoms with Gasteiger partial charge in [-0.15, -0.1) is 10.2 Å². The molecule has 0 unspecified atom stereocenters. The summed E-state index contributed by atoms with van der Waals surface area (Å²) in [6.07, 6.45) is 1.19. The molecule has 0 saturated carbocycles. The molecule has 0 aliphatic rings. The molecule has 1 aromatic carbocycles. The average Bonchev–Trinajstić information content (AvgIpc) is 2.50. The molecule has 78 valence electrons. The van der Waals surface area contributed by atoms with Gasteiger partial charge in [-0.1, -0.05) is 11.6 Å². The molecule has 15 heavy (non-hydrogen) atoms. The monoisotopic (exact) mass is 249 g/mol. The third kappa shape index (κ3) is 1.80. The van der Waals surface area contributed by atoms with Gasteiger partial charge >= 0.3 is 0 Å². The summed E-state index contributed by atoms with van der Waals surface area (Å²) in [5.74, 6) is -1.59. The van der Waals surface area contributed by atoms with Gasteiger partial charge in [0.05, 0.1) is 5.02 Å². The first kappa shape index (κ1) is 10.3. The molecule has 0 atom stereocenters. The van der Waals surface area contributed by atoms with Gasteiger partial charge in [-0.2, -0.15) is 0 Å². The molecule has 0 amide bonds. The molecule has 2 rings (SSSR count). The van der Waals surface area contributed by atoms with Crippen LogP contribution in [0.3, 0.4) is 0 Å². The second-order valence-corrected chi connectivity index (χ2v) is 3.43. The van der Waals surface area contributed by atoms with Crippen LogP contribution in [0.5, 0.6) is 0 Å². The van der Waals surface area contributed by atoms with Crippen molar-refractivity contribution >= 4 is 23.2 Å². The zero-order chi connectivity index (χ0) is 11.0. The maximum Gasteiger partial charge on any atom is 0.229 e. The van der Waals surface area contributed by atoms with Gasteiger partial charge in [0.15, 0.2) is 5.82 Å². The smallest absolute Gasteiger partial charge is 0.229 e. The zero-order valence-electron chi connectivity index (χ0n) is 7.09. The van der Waals surface area contributed by atoms with E-state index in [4.69, 9.17) is 23.2 Å². The maximum atomic E-state index is 13.4. The Morgan fingerprint density at radius 2 is 1.93 bits per heavy atom. The Labute approximate surface area is 93.3 Å². The van der Waals surface area contributed by atoms with Crippen LogP contribution in [0.2, 0.25) is 10.3 Å². The van der Waals surface area contributed by atoms with Crippen molar-refractivity contribution in [3.63, 3.8) is 0 Å². The van der Waals surface area contributed by atoms with E-state index >= 15 is 0 Å². The predicted octanol–water partition coefficient (Wildman–Crippen LogP) is 2.85. The first-order valence-electron chi connectivity index (χ1n) is 3.80. The van der Waals surface area contributed by atoms with Crippen molar-refractivity contribution in [2.75, 3.05) is 0 Å². The highest BCUT2D eigenvalue weighted by Crippen LogP contribution is 2.26. The third-order valence-corrected chi connectivity index (χ3v) is 2.27. The quantitative estimate of drug-likeness (QED) is 0.779. The lowest BCUT2D eigenvalue weighted by molar-refractivity contribution is 0.578. The number of benzene rings is 1. The summed E-state index contributed by atoms with van der Waals surface area (Å²) >= 11 is 11.3. The van der Waals surface area contributed by atoms with Gasteiger partial charge in [-0.05, 0) is 17.7 Å². The van der Waals surface area contributed by atoms with Gasteiger partial charge in [-0.3, -0.25) is 4.57 Å². The Morgan fingerprint density at radius 1 is 1.20 bits per heavy atom. The fourth-order valence-corrected chi connectivity index (χ4v) is 1.59. The van der Waals surface area contributed by atoms with Crippen molar-refractivity contribution in [2.24, 2.45) is 0 Å². The van der Waals surface area contributed by atoms with Crippen molar-refractivity contribution in [1.29, 1.82) is 0 Å². The van der Waals surface area contributed by atoms with Crippen LogP contribution in [0.25, 0.3) is 5.69 Å². The van der Waals surface area contributed by atoms with E-state index in [1.165, 1.54) is 6.33 Å². The number of hydrogen-bond acceptors (Lipinski definition) is 2. The molecule has 0 saturated heterocycles. The number of nitrogens with zero attached hydrogens (tertiary/aromatic N) is 3. The Morgan fingerprint density at radius 3 is 2.47 bits per heavy atom. The third-order valence-electron chi connectivity index (χ3n) is 1.73. The Hall–Kier alpha value is -1.20. The van der Waals surface area contributed by atoms with Crippen LogP contribution in [0.1, 0.15) is 0 Å². The van der Waals surface area contributed by atoms with Crippen LogP contribution in [0.4, 0.5) is 8.78 Å². The minimum Gasteiger partial charge on any atom is -0.268 e. The van der Waals surface area contributed by atoms with Crippen LogP contribution in [0.15, 0.2) is 18.5 Å². The van der Waals surface area contributed by atoms with Crippen molar-refractivity contribution in [3.05, 3.63) is 40.4 Å². The first-order chi connectivity index (χ1) is 7.09. The molecule has 0 aliphatic carbocycles. The number of halogens is 4. The molecule has 1 aromatic heterocycles. The van der Waals surface area contributed by atoms with Crippen molar-refractivity contribution < 1.29 is 8.78 Å². The minimum absolute atomic E-state index is 0.0533. The van der Waals surface area contributed by atoms with Crippen LogP contribution in [-0.2, 0) is 0 Å². The van der Waals surface area contributed by atoms with Crippen molar-refractivity contribution in [3.8, 4) is 5.69 Å². The van der Waals surface area contributed by atoms with E-state index in [-0.39, 0.29) is 16.0 Å². The molecule has 0 spiro atoms. The van der Waals surface area contributed by atoms with E-state index in [2.05, 4.69) is 10.2 Å². The minimum atomic E-state index is -0.832. The summed E-state index contributed by atoms with van der Waals surface area (Å²) in [6.45, 7) is 0. The van der Waals surface area contributed by atoms with Gasteiger partial charge < -0.3 is 0 Å². The van der Waals surface area contributed by atoms with Gasteiger partial charge in [0.1, 0.15) is 17.8 Å². The summed E-state index contributed by atoms with van der Waals surface area (Å²) in [5, 5.41) is 6.77. The van der Waals surface area contributed by atoms with E-state index in [0.29, 0.717) is 6.07 Å². The number of aromatic nitrogens is 3. The first-order valence-corrected chi connectivity index (χ1v) is 4.55. The van der Waals surface area contributed by atoms with Gasteiger partial charge in [0.2, 0.25) is 5.28 Å². The molecule has 0 radical (unpaired) electrons.